The zero-order valence-corrected chi connectivity index (χ0v) is 22.7. The summed E-state index contributed by atoms with van der Waals surface area (Å²) >= 11 is 0. The van der Waals surface area contributed by atoms with Crippen LogP contribution in [0.5, 0.6) is 0 Å². The van der Waals surface area contributed by atoms with Crippen molar-refractivity contribution in [3.05, 3.63) is 4.91 Å². The van der Waals surface area contributed by atoms with Gasteiger partial charge in [0.25, 0.3) is 10.1 Å². The van der Waals surface area contributed by atoms with E-state index in [2.05, 4.69) is 26.1 Å². The maximum absolute atomic E-state index is 12.5. The Hall–Kier alpha value is -1.10. The number of amides is 1. The van der Waals surface area contributed by atoms with Gasteiger partial charge in [-0.3, -0.25) is 9.35 Å². The zero-order chi connectivity index (χ0) is 26.5. The highest BCUT2D eigenvalue weighted by atomic mass is 32.2. The first-order valence-corrected chi connectivity index (χ1v) is 15.4. The molecule has 10 atom stereocenters. The molecule has 3 N–H and O–H groups in total. The molecule has 0 aromatic carbocycles. The highest BCUT2D eigenvalue weighted by molar-refractivity contribution is 7.85. The van der Waals surface area contributed by atoms with Crippen LogP contribution in [0.3, 0.4) is 0 Å². The molecule has 0 aromatic heterocycles. The van der Waals surface area contributed by atoms with Crippen LogP contribution in [-0.4, -0.2) is 58.6 Å². The minimum absolute atomic E-state index is 0.0928. The zero-order valence-electron chi connectivity index (χ0n) is 21.9. The van der Waals surface area contributed by atoms with Crippen LogP contribution in [0.25, 0.3) is 0 Å². The molecule has 1 amide bonds. The number of fused-ring (bicyclic) bond motifs is 5. The summed E-state index contributed by atoms with van der Waals surface area (Å²) in [5.41, 5.74) is 0.281. The molecular formula is C26H44N2O7S. The summed E-state index contributed by atoms with van der Waals surface area (Å²) < 4.78 is 30.8. The van der Waals surface area contributed by atoms with Crippen molar-refractivity contribution in [2.75, 3.05) is 12.3 Å². The second kappa shape index (κ2) is 10.2. The molecule has 4 saturated carbocycles. The fourth-order valence-electron chi connectivity index (χ4n) is 9.27. The van der Waals surface area contributed by atoms with Crippen LogP contribution in [0.2, 0.25) is 0 Å². The van der Waals surface area contributed by atoms with E-state index in [1.54, 1.807) is 0 Å². The molecule has 0 saturated heterocycles. The molecule has 0 unspecified atom stereocenters. The van der Waals surface area contributed by atoms with E-state index < -0.39 is 28.3 Å². The maximum atomic E-state index is 12.5. The Bertz CT molecular complexity index is 945. The van der Waals surface area contributed by atoms with Gasteiger partial charge in [0.05, 0.1) is 29.8 Å². The summed E-state index contributed by atoms with van der Waals surface area (Å²) in [5.74, 6) is 1.02. The van der Waals surface area contributed by atoms with E-state index in [0.29, 0.717) is 35.1 Å². The number of hydrogen-bond acceptors (Lipinski definition) is 7. The van der Waals surface area contributed by atoms with Crippen LogP contribution in [0.15, 0.2) is 5.29 Å². The van der Waals surface area contributed by atoms with Gasteiger partial charge < -0.3 is 10.2 Å². The molecule has 10 heteroatoms. The van der Waals surface area contributed by atoms with E-state index in [1.807, 2.05) is 0 Å². The summed E-state index contributed by atoms with van der Waals surface area (Å²) in [5, 5.41) is 24.9. The van der Waals surface area contributed by atoms with Gasteiger partial charge in [0.1, 0.15) is 0 Å². The van der Waals surface area contributed by atoms with Crippen molar-refractivity contribution in [3.8, 4) is 0 Å². The number of carbonyl (C=O) groups is 1. The minimum Gasteiger partial charge on any atom is -0.393 e. The number of rotatable bonds is 8. The van der Waals surface area contributed by atoms with Gasteiger partial charge >= 0.3 is 0 Å². The van der Waals surface area contributed by atoms with Gasteiger partial charge in [0.15, 0.2) is 0 Å². The molecule has 206 valence electrons. The standard InChI is InChI=1S/C26H44N2O7S/c1-16(4-7-23(31)28(27-32)12-13-36(33,34)35)19-5-6-20-24-21(9-11-26(19,20)3)25(2)10-8-18(29)14-17(25)15-22(24)30/h16-22,24,29-30H,4-15H2,1-3H3,(H,33,34,35)/t16-,17+,18-,19-,20+,21+,22+,24+,25+,26-/m1/s1. The molecule has 36 heavy (non-hydrogen) atoms. The minimum atomic E-state index is -4.28. The van der Waals surface area contributed by atoms with Crippen molar-refractivity contribution in [2.24, 2.45) is 51.6 Å². The van der Waals surface area contributed by atoms with Gasteiger partial charge in [-0.25, -0.2) is 0 Å². The van der Waals surface area contributed by atoms with Gasteiger partial charge in [-0.2, -0.15) is 13.4 Å². The lowest BCUT2D eigenvalue weighted by Crippen LogP contribution is -2.58. The Balaban J connectivity index is 1.41. The largest absolute Gasteiger partial charge is 0.393 e. The predicted molar refractivity (Wildman–Crippen MR) is 135 cm³/mol. The van der Waals surface area contributed by atoms with Crippen LogP contribution in [0.1, 0.15) is 85.0 Å². The van der Waals surface area contributed by atoms with Crippen molar-refractivity contribution < 1.29 is 28.0 Å². The van der Waals surface area contributed by atoms with E-state index in [0.717, 1.165) is 51.4 Å². The summed E-state index contributed by atoms with van der Waals surface area (Å²) in [7, 11) is -4.28. The molecule has 4 aliphatic carbocycles. The second-order valence-corrected chi connectivity index (χ2v) is 14.4. The first kappa shape index (κ1) is 27.9. The number of aliphatic hydroxyl groups is 2. The SMILES string of the molecule is C[C@H](CCC(=O)N(CCS(=O)(=O)O)N=O)[C@H]1CC[C@H]2[C@@H]3[C@@H](O)C[C@@H]4C[C@H](O)CC[C@]4(C)[C@H]3CC[C@]12C. The predicted octanol–water partition coefficient (Wildman–Crippen LogP) is 3.79. The second-order valence-electron chi connectivity index (χ2n) is 12.9. The molecule has 0 aliphatic heterocycles. The summed E-state index contributed by atoms with van der Waals surface area (Å²) in [6.45, 7) is 6.49. The van der Waals surface area contributed by atoms with E-state index in [4.69, 9.17) is 4.55 Å². The summed E-state index contributed by atoms with van der Waals surface area (Å²) in [6.07, 6.45) is 7.96. The lowest BCUT2D eigenvalue weighted by molar-refractivity contribution is -0.174. The Morgan fingerprint density at radius 2 is 1.72 bits per heavy atom. The smallest absolute Gasteiger partial charge is 0.266 e. The summed E-state index contributed by atoms with van der Waals surface area (Å²) in [4.78, 5) is 23.6. The molecule has 0 radical (unpaired) electrons. The highest BCUT2D eigenvalue weighted by Gasteiger charge is 2.62. The van der Waals surface area contributed by atoms with Crippen LogP contribution in [0.4, 0.5) is 0 Å². The van der Waals surface area contributed by atoms with Gasteiger partial charge in [-0.1, -0.05) is 20.8 Å². The van der Waals surface area contributed by atoms with Gasteiger partial charge in [-0.05, 0) is 104 Å². The number of hydrogen-bond donors (Lipinski definition) is 3. The molecule has 0 spiro atoms. The Labute approximate surface area is 215 Å². The van der Waals surface area contributed by atoms with Crippen LogP contribution in [0, 0.1) is 51.2 Å². The Kier molecular flexibility index (Phi) is 7.93. The van der Waals surface area contributed by atoms with E-state index in [1.165, 1.54) is 0 Å². The fourth-order valence-corrected chi connectivity index (χ4v) is 9.67. The normalized spacial score (nSPS) is 43.1. The molecule has 4 rings (SSSR count). The van der Waals surface area contributed by atoms with Gasteiger partial charge in [0, 0.05) is 6.42 Å². The van der Waals surface area contributed by atoms with Crippen molar-refractivity contribution in [3.63, 3.8) is 0 Å². The first-order valence-electron chi connectivity index (χ1n) is 13.7. The highest BCUT2D eigenvalue weighted by Crippen LogP contribution is 2.68. The van der Waals surface area contributed by atoms with Gasteiger partial charge in [-0.15, -0.1) is 4.91 Å². The maximum Gasteiger partial charge on any atom is 0.266 e. The van der Waals surface area contributed by atoms with Crippen molar-refractivity contribution in [2.45, 2.75) is 97.2 Å². The number of carbonyl (C=O) groups excluding carboxylic acids is 1. The number of aliphatic hydroxyl groups excluding tert-OH is 2. The van der Waals surface area contributed by atoms with Crippen molar-refractivity contribution >= 4 is 16.0 Å². The molecule has 0 heterocycles. The van der Waals surface area contributed by atoms with Crippen molar-refractivity contribution in [1.82, 2.24) is 5.01 Å². The lowest BCUT2D eigenvalue weighted by atomic mass is 9.43. The van der Waals surface area contributed by atoms with Gasteiger partial charge in [0.2, 0.25) is 5.91 Å². The Morgan fingerprint density at radius 3 is 2.39 bits per heavy atom. The number of nitroso groups, excluding NO2 is 1. The van der Waals surface area contributed by atoms with E-state index >= 15 is 0 Å². The average molecular weight is 529 g/mol. The quantitative estimate of drug-likeness (QED) is 0.247. The van der Waals surface area contributed by atoms with E-state index in [-0.39, 0.29) is 41.3 Å². The van der Waals surface area contributed by atoms with Crippen LogP contribution >= 0.6 is 0 Å². The third kappa shape index (κ3) is 5.12. The first-order chi connectivity index (χ1) is 16.8. The van der Waals surface area contributed by atoms with Crippen LogP contribution in [-0.2, 0) is 14.9 Å². The molecule has 0 aromatic rings. The van der Waals surface area contributed by atoms with Crippen LogP contribution < -0.4 is 0 Å². The monoisotopic (exact) mass is 528 g/mol. The lowest BCUT2D eigenvalue weighted by Gasteiger charge is -2.62. The molecule has 0 bridgehead atoms. The van der Waals surface area contributed by atoms with E-state index in [9.17, 15) is 28.3 Å². The molecule has 4 aliphatic rings. The fraction of sp³-hybridized carbons (Fsp3) is 0.962. The third-order valence-electron chi connectivity index (χ3n) is 11.2. The topological polar surface area (TPSA) is 145 Å². The molecule has 4 fully saturated rings. The molecule has 9 nitrogen and oxygen atoms in total. The number of nitrogens with zero attached hydrogens (tertiary/aromatic N) is 2. The summed E-state index contributed by atoms with van der Waals surface area (Å²) in [6, 6.07) is 0. The Morgan fingerprint density at radius 1 is 1.06 bits per heavy atom. The third-order valence-corrected chi connectivity index (χ3v) is 11.9. The average Bonchev–Trinajstić information content (AvgIpc) is 3.15. The van der Waals surface area contributed by atoms with Crippen molar-refractivity contribution in [1.29, 1.82) is 0 Å². The molecular weight excluding hydrogens is 484 g/mol.